The first-order chi connectivity index (χ1) is 33.7. The van der Waals surface area contributed by atoms with Crippen LogP contribution < -0.4 is 0 Å². The van der Waals surface area contributed by atoms with Crippen molar-refractivity contribution < 1.29 is 4.42 Å². The fourth-order valence-electron chi connectivity index (χ4n) is 9.67. The standard InChI is InChI=1S/C63H40N4O/c1-4-15-41(16-5-1)45-21-12-22-46(35-45)44-29-32-52(33-30-44)67-57-28-11-10-27-53(57)54-40-60-56(39-58(54)67)55-38-51(31-34-59(55)68-60)63-65-61(49-25-13-23-47(36-49)42-17-6-2-7-18-42)64-62(66-63)50-26-14-24-48(37-50)43-19-8-3-9-20-43/h1-40H. The molecule has 318 valence electrons. The SMILES string of the molecule is c1ccc(-c2cccc(-c3ccc(-n4c5ccccc5c5cc6oc7ccc(-c8nc(-c9cccc(-c%10ccccc%10)c9)nc(-c9cccc(-c%10ccccc%10)c9)n8)cc7c6cc54)cc3)c2)cc1. The topological polar surface area (TPSA) is 56.7 Å². The van der Waals surface area contributed by atoms with Gasteiger partial charge in [0.15, 0.2) is 17.5 Å². The van der Waals surface area contributed by atoms with Gasteiger partial charge in [-0.2, -0.15) is 0 Å². The molecule has 0 saturated carbocycles. The summed E-state index contributed by atoms with van der Waals surface area (Å²) in [6, 6.07) is 85.3. The molecule has 0 fully saturated rings. The molecule has 0 aliphatic rings. The van der Waals surface area contributed by atoms with Crippen molar-refractivity contribution in [1.29, 1.82) is 0 Å². The van der Waals surface area contributed by atoms with E-state index < -0.39 is 0 Å². The van der Waals surface area contributed by atoms with Crippen LogP contribution in [0.4, 0.5) is 0 Å². The fourth-order valence-corrected chi connectivity index (χ4v) is 9.67. The van der Waals surface area contributed by atoms with Gasteiger partial charge in [-0.05, 0) is 111 Å². The van der Waals surface area contributed by atoms with Crippen molar-refractivity contribution in [2.24, 2.45) is 0 Å². The van der Waals surface area contributed by atoms with Crippen LogP contribution in [0.3, 0.4) is 0 Å². The van der Waals surface area contributed by atoms with Crippen LogP contribution in [0.25, 0.3) is 128 Å². The Morgan fingerprint density at radius 2 is 0.662 bits per heavy atom. The summed E-state index contributed by atoms with van der Waals surface area (Å²) in [7, 11) is 0. The van der Waals surface area contributed by atoms with Crippen molar-refractivity contribution in [3.63, 3.8) is 0 Å². The summed E-state index contributed by atoms with van der Waals surface area (Å²) in [4.78, 5) is 15.6. The average Bonchev–Trinajstić information content (AvgIpc) is 3.95. The lowest BCUT2D eigenvalue weighted by molar-refractivity contribution is 0.669. The Hall–Kier alpha value is -9.19. The van der Waals surface area contributed by atoms with E-state index in [2.05, 4.69) is 229 Å². The molecule has 10 aromatic carbocycles. The zero-order chi connectivity index (χ0) is 45.0. The van der Waals surface area contributed by atoms with Gasteiger partial charge in [-0.25, -0.2) is 15.0 Å². The molecular formula is C63H40N4O. The third-order valence-electron chi connectivity index (χ3n) is 13.0. The number of hydrogen-bond donors (Lipinski definition) is 0. The van der Waals surface area contributed by atoms with Crippen LogP contribution in [-0.2, 0) is 0 Å². The van der Waals surface area contributed by atoms with E-state index in [1.54, 1.807) is 0 Å². The molecule has 3 aromatic heterocycles. The van der Waals surface area contributed by atoms with E-state index in [0.717, 1.165) is 83.0 Å². The van der Waals surface area contributed by atoms with Crippen molar-refractivity contribution >= 4 is 43.7 Å². The Morgan fingerprint density at radius 3 is 1.21 bits per heavy atom. The Balaban J connectivity index is 0.941. The highest BCUT2D eigenvalue weighted by Crippen LogP contribution is 2.40. The highest BCUT2D eigenvalue weighted by atomic mass is 16.3. The number of rotatable bonds is 8. The van der Waals surface area contributed by atoms with Gasteiger partial charge in [-0.1, -0.05) is 176 Å². The van der Waals surface area contributed by atoms with Gasteiger partial charge >= 0.3 is 0 Å². The molecule has 0 N–H and O–H groups in total. The van der Waals surface area contributed by atoms with Crippen molar-refractivity contribution in [1.82, 2.24) is 19.5 Å². The summed E-state index contributed by atoms with van der Waals surface area (Å²) >= 11 is 0. The molecule has 0 radical (unpaired) electrons. The monoisotopic (exact) mass is 868 g/mol. The molecule has 5 heteroatoms. The van der Waals surface area contributed by atoms with Crippen LogP contribution in [0.2, 0.25) is 0 Å². The molecule has 0 aliphatic heterocycles. The lowest BCUT2D eigenvalue weighted by Crippen LogP contribution is -2.00. The number of aromatic nitrogens is 4. The first kappa shape index (κ1) is 39.2. The van der Waals surface area contributed by atoms with Crippen LogP contribution in [-0.4, -0.2) is 19.5 Å². The lowest BCUT2D eigenvalue weighted by Gasteiger charge is -2.11. The molecule has 5 nitrogen and oxygen atoms in total. The minimum atomic E-state index is 0.584. The Labute approximate surface area is 392 Å². The molecule has 68 heavy (non-hydrogen) atoms. The zero-order valence-electron chi connectivity index (χ0n) is 36.8. The number of benzene rings is 10. The largest absolute Gasteiger partial charge is 0.456 e. The predicted molar refractivity (Wildman–Crippen MR) is 279 cm³/mol. The van der Waals surface area contributed by atoms with Crippen molar-refractivity contribution in [3.8, 4) is 84.4 Å². The maximum atomic E-state index is 6.66. The molecular weight excluding hydrogens is 829 g/mol. The predicted octanol–water partition coefficient (Wildman–Crippen LogP) is 16.5. The smallest absolute Gasteiger partial charge is 0.164 e. The summed E-state index contributed by atoms with van der Waals surface area (Å²) in [5.74, 6) is 1.79. The van der Waals surface area contributed by atoms with Gasteiger partial charge in [0.05, 0.1) is 11.0 Å². The second-order valence-corrected chi connectivity index (χ2v) is 17.2. The number of fused-ring (bicyclic) bond motifs is 6. The van der Waals surface area contributed by atoms with E-state index in [4.69, 9.17) is 19.4 Å². The van der Waals surface area contributed by atoms with Gasteiger partial charge in [0, 0.05) is 43.9 Å². The number of nitrogens with zero attached hydrogens (tertiary/aromatic N) is 4. The minimum Gasteiger partial charge on any atom is -0.456 e. The van der Waals surface area contributed by atoms with Crippen LogP contribution in [0.1, 0.15) is 0 Å². The molecule has 0 spiro atoms. The maximum Gasteiger partial charge on any atom is 0.164 e. The van der Waals surface area contributed by atoms with Gasteiger partial charge in [-0.15, -0.1) is 0 Å². The van der Waals surface area contributed by atoms with Gasteiger partial charge in [0.2, 0.25) is 0 Å². The normalized spacial score (nSPS) is 11.5. The van der Waals surface area contributed by atoms with E-state index in [0.29, 0.717) is 17.5 Å². The second kappa shape index (κ2) is 16.4. The lowest BCUT2D eigenvalue weighted by atomic mass is 9.99. The Kier molecular flexibility index (Phi) is 9.43. The van der Waals surface area contributed by atoms with Gasteiger partial charge in [0.1, 0.15) is 11.2 Å². The molecule has 0 saturated heterocycles. The molecule has 0 amide bonds. The van der Waals surface area contributed by atoms with Crippen molar-refractivity contribution in [2.75, 3.05) is 0 Å². The van der Waals surface area contributed by atoms with Crippen LogP contribution in [0, 0.1) is 0 Å². The summed E-state index contributed by atoms with van der Waals surface area (Å²) < 4.78 is 9.03. The summed E-state index contributed by atoms with van der Waals surface area (Å²) in [6.45, 7) is 0. The maximum absolute atomic E-state index is 6.66. The van der Waals surface area contributed by atoms with Gasteiger partial charge in [-0.3, -0.25) is 0 Å². The van der Waals surface area contributed by atoms with Crippen LogP contribution >= 0.6 is 0 Å². The minimum absolute atomic E-state index is 0.584. The number of hydrogen-bond acceptors (Lipinski definition) is 4. The number of para-hydroxylation sites is 1. The van der Waals surface area contributed by atoms with E-state index in [1.165, 1.54) is 27.6 Å². The average molecular weight is 869 g/mol. The molecule has 0 atom stereocenters. The van der Waals surface area contributed by atoms with Gasteiger partial charge in [0.25, 0.3) is 0 Å². The summed E-state index contributed by atoms with van der Waals surface area (Å²) in [5, 5.41) is 4.32. The molecule has 0 aliphatic carbocycles. The van der Waals surface area contributed by atoms with Gasteiger partial charge < -0.3 is 8.98 Å². The first-order valence-electron chi connectivity index (χ1n) is 22.9. The number of furan rings is 1. The van der Waals surface area contributed by atoms with Crippen LogP contribution in [0.5, 0.6) is 0 Å². The summed E-state index contributed by atoms with van der Waals surface area (Å²) in [6.07, 6.45) is 0. The molecule has 13 rings (SSSR count). The third-order valence-corrected chi connectivity index (χ3v) is 13.0. The highest BCUT2D eigenvalue weighted by molar-refractivity contribution is 6.17. The zero-order valence-corrected chi connectivity index (χ0v) is 36.8. The van der Waals surface area contributed by atoms with Crippen LogP contribution in [0.15, 0.2) is 247 Å². The molecule has 13 aromatic rings. The van der Waals surface area contributed by atoms with E-state index in [1.807, 2.05) is 18.2 Å². The quantitative estimate of drug-likeness (QED) is 0.153. The highest BCUT2D eigenvalue weighted by Gasteiger charge is 2.19. The summed E-state index contributed by atoms with van der Waals surface area (Å²) in [5.41, 5.74) is 16.9. The molecule has 0 bridgehead atoms. The first-order valence-corrected chi connectivity index (χ1v) is 22.9. The Morgan fingerprint density at radius 1 is 0.250 bits per heavy atom. The van der Waals surface area contributed by atoms with Crippen molar-refractivity contribution in [2.45, 2.75) is 0 Å². The van der Waals surface area contributed by atoms with Crippen molar-refractivity contribution in [3.05, 3.63) is 243 Å². The van der Waals surface area contributed by atoms with E-state index >= 15 is 0 Å². The molecule has 3 heterocycles. The molecule has 0 unspecified atom stereocenters. The third kappa shape index (κ3) is 7.02. The second-order valence-electron chi connectivity index (χ2n) is 17.2. The van der Waals surface area contributed by atoms with E-state index in [-0.39, 0.29) is 0 Å². The Bertz CT molecular complexity index is 3900. The fraction of sp³-hybridized carbons (Fsp3) is 0. The van der Waals surface area contributed by atoms with E-state index in [9.17, 15) is 0 Å².